The van der Waals surface area contributed by atoms with E-state index in [9.17, 15) is 9.90 Å². The molecule has 2 fully saturated rings. The fraction of sp³-hybridized carbons (Fsp3) is 0.536. The number of aromatic nitrogens is 6. The van der Waals surface area contributed by atoms with Gasteiger partial charge in [-0.05, 0) is 44.7 Å². The molecule has 1 amide bonds. The highest BCUT2D eigenvalue weighted by Gasteiger charge is 2.34. The van der Waals surface area contributed by atoms with Crippen molar-refractivity contribution in [2.45, 2.75) is 38.9 Å². The number of para-hydroxylation sites is 2. The Morgan fingerprint density at radius 3 is 2.50 bits per heavy atom. The lowest BCUT2D eigenvalue weighted by molar-refractivity contribution is -0.0110. The number of amides is 1. The number of hydrogen-bond donors (Lipinski definition) is 1. The number of aliphatic hydroxyl groups is 1. The van der Waals surface area contributed by atoms with Crippen molar-refractivity contribution in [1.82, 2.24) is 34.0 Å². The largest absolute Gasteiger partial charge is 0.390 e. The minimum atomic E-state index is -0.759. The van der Waals surface area contributed by atoms with E-state index in [1.165, 1.54) is 0 Å². The number of morpholine rings is 1. The maximum atomic E-state index is 13.7. The highest BCUT2D eigenvalue weighted by molar-refractivity contribution is 5.96. The summed E-state index contributed by atoms with van der Waals surface area (Å²) in [4.78, 5) is 37.3. The van der Waals surface area contributed by atoms with Gasteiger partial charge in [-0.1, -0.05) is 12.1 Å². The molecular weight excluding hydrogens is 512 g/mol. The predicted octanol–water partition coefficient (Wildman–Crippen LogP) is 2.31. The molecule has 0 atom stereocenters. The zero-order valence-corrected chi connectivity index (χ0v) is 23.5. The second kappa shape index (κ2) is 10.4. The Morgan fingerprint density at radius 1 is 1.07 bits per heavy atom. The molecule has 0 radical (unpaired) electrons. The number of piperidine rings is 1. The van der Waals surface area contributed by atoms with Crippen LogP contribution in [-0.2, 0) is 23.1 Å². The van der Waals surface area contributed by atoms with E-state index in [1.807, 2.05) is 54.6 Å². The first-order valence-corrected chi connectivity index (χ1v) is 13.8. The van der Waals surface area contributed by atoms with E-state index in [2.05, 4.69) is 4.90 Å². The number of imidazole rings is 2. The average Bonchev–Trinajstić information content (AvgIpc) is 3.49. The van der Waals surface area contributed by atoms with Crippen molar-refractivity contribution in [3.8, 4) is 5.95 Å². The van der Waals surface area contributed by atoms with Crippen LogP contribution in [0.15, 0.2) is 24.3 Å². The van der Waals surface area contributed by atoms with Gasteiger partial charge < -0.3 is 28.9 Å². The lowest BCUT2D eigenvalue weighted by Gasteiger charge is -2.37. The number of methoxy groups -OCH3 is 1. The molecule has 0 saturated carbocycles. The van der Waals surface area contributed by atoms with Gasteiger partial charge in [0.05, 0.1) is 29.8 Å². The fourth-order valence-electron chi connectivity index (χ4n) is 5.78. The minimum Gasteiger partial charge on any atom is -0.390 e. The van der Waals surface area contributed by atoms with Gasteiger partial charge in [-0.15, -0.1) is 0 Å². The molecule has 0 spiro atoms. The van der Waals surface area contributed by atoms with Crippen molar-refractivity contribution in [3.63, 3.8) is 0 Å². The molecule has 0 unspecified atom stereocenters. The standard InChI is InChI=1S/C28H36N8O4/c1-28(2,38)18-9-11-35(12-10-18)26(37)25-30-22-23(33(25)3)31-27(32-24(22)34-13-15-40-16-14-34)36-20-8-6-5-7-19(20)29-21(36)17-39-4/h5-8,18,38H,9-17H2,1-4H3. The lowest BCUT2D eigenvalue weighted by Crippen LogP contribution is -2.44. The average molecular weight is 549 g/mol. The van der Waals surface area contributed by atoms with Gasteiger partial charge in [-0.3, -0.25) is 9.36 Å². The highest BCUT2D eigenvalue weighted by atomic mass is 16.5. The summed E-state index contributed by atoms with van der Waals surface area (Å²) in [5.41, 5.74) is 2.09. The third kappa shape index (κ3) is 4.69. The molecular formula is C28H36N8O4. The van der Waals surface area contributed by atoms with Crippen LogP contribution >= 0.6 is 0 Å². The maximum Gasteiger partial charge on any atom is 0.289 e. The number of carbonyl (C=O) groups is 1. The summed E-state index contributed by atoms with van der Waals surface area (Å²) in [5, 5.41) is 10.4. The lowest BCUT2D eigenvalue weighted by atomic mass is 9.83. The van der Waals surface area contributed by atoms with Gasteiger partial charge in [0.2, 0.25) is 11.8 Å². The highest BCUT2D eigenvalue weighted by Crippen LogP contribution is 2.31. The van der Waals surface area contributed by atoms with Crippen molar-refractivity contribution in [2.24, 2.45) is 13.0 Å². The first-order chi connectivity index (χ1) is 19.3. The maximum absolute atomic E-state index is 13.7. The topological polar surface area (TPSA) is 124 Å². The molecule has 40 heavy (non-hydrogen) atoms. The van der Waals surface area contributed by atoms with E-state index < -0.39 is 5.60 Å². The number of carbonyl (C=O) groups excluding carboxylic acids is 1. The van der Waals surface area contributed by atoms with Crippen LogP contribution in [0.2, 0.25) is 0 Å². The molecule has 12 nitrogen and oxygen atoms in total. The molecule has 1 N–H and O–H groups in total. The van der Waals surface area contributed by atoms with Crippen LogP contribution in [0.25, 0.3) is 28.1 Å². The fourth-order valence-corrected chi connectivity index (χ4v) is 5.78. The van der Waals surface area contributed by atoms with E-state index >= 15 is 0 Å². The molecule has 2 aliphatic rings. The van der Waals surface area contributed by atoms with Gasteiger partial charge >= 0.3 is 0 Å². The van der Waals surface area contributed by atoms with E-state index in [-0.39, 0.29) is 11.8 Å². The number of nitrogens with zero attached hydrogens (tertiary/aromatic N) is 8. The smallest absolute Gasteiger partial charge is 0.289 e. The van der Waals surface area contributed by atoms with Crippen LogP contribution in [0, 0.1) is 5.92 Å². The summed E-state index contributed by atoms with van der Waals surface area (Å²) < 4.78 is 14.7. The number of ether oxygens (including phenoxy) is 2. The summed E-state index contributed by atoms with van der Waals surface area (Å²) in [7, 11) is 3.46. The molecule has 0 aliphatic carbocycles. The summed E-state index contributed by atoms with van der Waals surface area (Å²) in [6.45, 7) is 7.60. The zero-order chi connectivity index (χ0) is 28.0. The summed E-state index contributed by atoms with van der Waals surface area (Å²) >= 11 is 0. The molecule has 212 valence electrons. The van der Waals surface area contributed by atoms with Gasteiger partial charge in [0.15, 0.2) is 17.0 Å². The van der Waals surface area contributed by atoms with Gasteiger partial charge in [0.1, 0.15) is 12.4 Å². The van der Waals surface area contributed by atoms with E-state index in [4.69, 9.17) is 29.4 Å². The third-order valence-electron chi connectivity index (χ3n) is 8.08. The van der Waals surface area contributed by atoms with Crippen LogP contribution in [0.4, 0.5) is 5.82 Å². The quantitative estimate of drug-likeness (QED) is 0.387. The predicted molar refractivity (Wildman–Crippen MR) is 150 cm³/mol. The molecule has 5 heterocycles. The Balaban J connectivity index is 1.46. The molecule has 12 heteroatoms. The molecule has 2 saturated heterocycles. The van der Waals surface area contributed by atoms with Crippen LogP contribution in [0.5, 0.6) is 0 Å². The molecule has 0 bridgehead atoms. The molecule has 6 rings (SSSR count). The second-order valence-corrected chi connectivity index (χ2v) is 11.1. The van der Waals surface area contributed by atoms with Crippen LogP contribution < -0.4 is 4.90 Å². The molecule has 1 aromatic carbocycles. The van der Waals surface area contributed by atoms with Gasteiger partial charge in [-0.2, -0.15) is 9.97 Å². The number of fused-ring (bicyclic) bond motifs is 2. The summed E-state index contributed by atoms with van der Waals surface area (Å²) in [6, 6.07) is 7.84. The SMILES string of the molecule is COCc1nc2ccccc2n1-c1nc(N2CCOCC2)c2nc(C(=O)N3CCC(C(C)(C)O)CC3)n(C)c2n1. The number of rotatable bonds is 6. The van der Waals surface area contributed by atoms with Crippen molar-refractivity contribution >= 4 is 33.9 Å². The molecule has 3 aromatic heterocycles. The van der Waals surface area contributed by atoms with Crippen LogP contribution in [0.3, 0.4) is 0 Å². The Kier molecular flexibility index (Phi) is 6.93. The number of aryl methyl sites for hydroxylation is 1. The second-order valence-electron chi connectivity index (χ2n) is 11.1. The Bertz CT molecular complexity index is 1540. The first kappa shape index (κ1) is 26.6. The van der Waals surface area contributed by atoms with Crippen LogP contribution in [-0.4, -0.2) is 97.1 Å². The van der Waals surface area contributed by atoms with Crippen LogP contribution in [0.1, 0.15) is 43.1 Å². The van der Waals surface area contributed by atoms with Gasteiger partial charge in [0, 0.05) is 40.3 Å². The minimum absolute atomic E-state index is 0.141. The molecule has 4 aromatic rings. The van der Waals surface area contributed by atoms with E-state index in [1.54, 1.807) is 11.7 Å². The van der Waals surface area contributed by atoms with Gasteiger partial charge in [0.25, 0.3) is 5.91 Å². The molecule has 2 aliphatic heterocycles. The Morgan fingerprint density at radius 2 is 1.80 bits per heavy atom. The number of likely N-dealkylation sites (tertiary alicyclic amines) is 1. The van der Waals surface area contributed by atoms with Crippen molar-refractivity contribution in [1.29, 1.82) is 0 Å². The van der Waals surface area contributed by atoms with Crippen molar-refractivity contribution in [2.75, 3.05) is 51.4 Å². The van der Waals surface area contributed by atoms with E-state index in [0.29, 0.717) is 80.6 Å². The van der Waals surface area contributed by atoms with Gasteiger partial charge in [-0.25, -0.2) is 9.97 Å². The van der Waals surface area contributed by atoms with Crippen molar-refractivity contribution in [3.05, 3.63) is 35.9 Å². The number of anilines is 1. The summed E-state index contributed by atoms with van der Waals surface area (Å²) in [5.74, 6) is 2.14. The first-order valence-electron chi connectivity index (χ1n) is 13.8. The monoisotopic (exact) mass is 548 g/mol. The normalized spacial score (nSPS) is 17.3. The third-order valence-corrected chi connectivity index (χ3v) is 8.08. The zero-order valence-electron chi connectivity index (χ0n) is 23.5. The Hall–Kier alpha value is -3.61. The number of benzene rings is 1. The Labute approximate surface area is 232 Å². The number of hydrogen-bond acceptors (Lipinski definition) is 9. The van der Waals surface area contributed by atoms with Crippen molar-refractivity contribution < 1.29 is 19.4 Å². The summed E-state index contributed by atoms with van der Waals surface area (Å²) in [6.07, 6.45) is 1.50. The van der Waals surface area contributed by atoms with E-state index in [0.717, 1.165) is 23.9 Å².